The van der Waals surface area contributed by atoms with Crippen molar-refractivity contribution in [3.8, 4) is 0 Å². The Morgan fingerprint density at radius 1 is 1.48 bits per heavy atom. The SMILES string of the molecule is CCOC[C@@H]1c2c(cnn2C)CCN1Cc1scnc1C. The normalized spacial score (nSPS) is 18.9. The second-order valence-electron chi connectivity index (χ2n) is 5.44. The number of hydrogen-bond donors (Lipinski definition) is 0. The number of rotatable bonds is 5. The summed E-state index contributed by atoms with van der Waals surface area (Å²) >= 11 is 1.74. The lowest BCUT2D eigenvalue weighted by atomic mass is 10.00. The largest absolute Gasteiger partial charge is 0.380 e. The Morgan fingerprint density at radius 2 is 2.33 bits per heavy atom. The average molecular weight is 306 g/mol. The smallest absolute Gasteiger partial charge is 0.0798 e. The van der Waals surface area contributed by atoms with Crippen LogP contribution in [0.3, 0.4) is 0 Å². The van der Waals surface area contributed by atoms with Crippen molar-refractivity contribution >= 4 is 11.3 Å². The minimum Gasteiger partial charge on any atom is -0.380 e. The molecule has 0 saturated carbocycles. The fraction of sp³-hybridized carbons (Fsp3) is 0.600. The molecule has 1 aliphatic heterocycles. The fourth-order valence-corrected chi connectivity index (χ4v) is 3.77. The summed E-state index contributed by atoms with van der Waals surface area (Å²) in [7, 11) is 2.03. The molecule has 21 heavy (non-hydrogen) atoms. The molecule has 3 rings (SSSR count). The summed E-state index contributed by atoms with van der Waals surface area (Å²) in [6.07, 6.45) is 3.06. The van der Waals surface area contributed by atoms with Gasteiger partial charge in [-0.1, -0.05) is 0 Å². The molecule has 2 aromatic heterocycles. The van der Waals surface area contributed by atoms with E-state index < -0.39 is 0 Å². The highest BCUT2D eigenvalue weighted by atomic mass is 32.1. The summed E-state index contributed by atoms with van der Waals surface area (Å²) in [4.78, 5) is 8.21. The molecule has 2 aromatic rings. The Hall–Kier alpha value is -1.24. The highest BCUT2D eigenvalue weighted by Crippen LogP contribution is 2.31. The molecule has 1 aliphatic rings. The summed E-state index contributed by atoms with van der Waals surface area (Å²) in [5, 5.41) is 4.43. The van der Waals surface area contributed by atoms with Crippen molar-refractivity contribution in [1.29, 1.82) is 0 Å². The third kappa shape index (κ3) is 2.88. The predicted molar refractivity (Wildman–Crippen MR) is 83.4 cm³/mol. The zero-order valence-electron chi connectivity index (χ0n) is 12.9. The quantitative estimate of drug-likeness (QED) is 0.850. The van der Waals surface area contributed by atoms with Gasteiger partial charge in [0.2, 0.25) is 0 Å². The van der Waals surface area contributed by atoms with E-state index in [9.17, 15) is 0 Å². The number of ether oxygens (including phenoxy) is 1. The van der Waals surface area contributed by atoms with Crippen molar-refractivity contribution in [2.75, 3.05) is 19.8 Å². The van der Waals surface area contributed by atoms with Crippen LogP contribution >= 0.6 is 11.3 Å². The van der Waals surface area contributed by atoms with Gasteiger partial charge in [0.1, 0.15) is 0 Å². The van der Waals surface area contributed by atoms with Crippen LogP contribution in [0.5, 0.6) is 0 Å². The summed E-state index contributed by atoms with van der Waals surface area (Å²) in [6, 6.07) is 0.280. The molecule has 0 radical (unpaired) electrons. The Balaban J connectivity index is 1.85. The van der Waals surface area contributed by atoms with Gasteiger partial charge < -0.3 is 4.74 Å². The maximum Gasteiger partial charge on any atom is 0.0798 e. The van der Waals surface area contributed by atoms with E-state index in [0.717, 1.165) is 38.4 Å². The number of hydrogen-bond acceptors (Lipinski definition) is 5. The van der Waals surface area contributed by atoms with Crippen molar-refractivity contribution in [1.82, 2.24) is 19.7 Å². The molecule has 3 heterocycles. The van der Waals surface area contributed by atoms with E-state index in [0.29, 0.717) is 0 Å². The van der Waals surface area contributed by atoms with Crippen LogP contribution in [0.2, 0.25) is 0 Å². The fourth-order valence-electron chi connectivity index (χ4n) is 2.97. The second-order valence-corrected chi connectivity index (χ2v) is 6.37. The van der Waals surface area contributed by atoms with Gasteiger partial charge in [-0.3, -0.25) is 9.58 Å². The molecule has 0 saturated heterocycles. The maximum atomic E-state index is 5.74. The average Bonchev–Trinajstić information content (AvgIpc) is 3.05. The Kier molecular flexibility index (Phi) is 4.37. The highest BCUT2D eigenvalue weighted by Gasteiger charge is 2.31. The van der Waals surface area contributed by atoms with Gasteiger partial charge in [0, 0.05) is 31.6 Å². The van der Waals surface area contributed by atoms with Gasteiger partial charge in [0.05, 0.1) is 35.7 Å². The molecule has 6 heteroatoms. The zero-order valence-corrected chi connectivity index (χ0v) is 13.7. The summed E-state index contributed by atoms with van der Waals surface area (Å²) < 4.78 is 7.74. The first-order valence-corrected chi connectivity index (χ1v) is 8.30. The summed E-state index contributed by atoms with van der Waals surface area (Å²) in [6.45, 7) is 7.60. The zero-order chi connectivity index (χ0) is 14.8. The van der Waals surface area contributed by atoms with Crippen LogP contribution in [0.15, 0.2) is 11.7 Å². The topological polar surface area (TPSA) is 43.2 Å². The monoisotopic (exact) mass is 306 g/mol. The lowest BCUT2D eigenvalue weighted by molar-refractivity contribution is 0.0522. The van der Waals surface area contributed by atoms with E-state index in [1.165, 1.54) is 16.1 Å². The number of thiazole rings is 1. The van der Waals surface area contributed by atoms with Crippen LogP contribution in [0.4, 0.5) is 0 Å². The van der Waals surface area contributed by atoms with Gasteiger partial charge in [-0.25, -0.2) is 4.98 Å². The molecule has 0 spiro atoms. The van der Waals surface area contributed by atoms with Crippen LogP contribution in [0.25, 0.3) is 0 Å². The molecular weight excluding hydrogens is 284 g/mol. The van der Waals surface area contributed by atoms with Crippen LogP contribution in [-0.2, 0) is 24.8 Å². The van der Waals surface area contributed by atoms with Crippen LogP contribution in [0, 0.1) is 6.92 Å². The minimum absolute atomic E-state index is 0.280. The van der Waals surface area contributed by atoms with Gasteiger partial charge >= 0.3 is 0 Å². The van der Waals surface area contributed by atoms with Crippen molar-refractivity contribution in [2.24, 2.45) is 7.05 Å². The lowest BCUT2D eigenvalue weighted by Crippen LogP contribution is -2.38. The van der Waals surface area contributed by atoms with Crippen LogP contribution in [0.1, 0.15) is 34.8 Å². The molecule has 114 valence electrons. The van der Waals surface area contributed by atoms with Crippen molar-refractivity contribution in [3.05, 3.63) is 33.5 Å². The molecule has 0 bridgehead atoms. The first-order chi connectivity index (χ1) is 10.2. The second kappa shape index (κ2) is 6.25. The first kappa shape index (κ1) is 14.7. The first-order valence-electron chi connectivity index (χ1n) is 7.42. The van der Waals surface area contributed by atoms with Gasteiger partial charge in [-0.2, -0.15) is 5.10 Å². The van der Waals surface area contributed by atoms with E-state index in [1.54, 1.807) is 11.3 Å². The van der Waals surface area contributed by atoms with E-state index in [-0.39, 0.29) is 6.04 Å². The molecule has 0 aliphatic carbocycles. The summed E-state index contributed by atoms with van der Waals surface area (Å²) in [5.74, 6) is 0. The minimum atomic E-state index is 0.280. The highest BCUT2D eigenvalue weighted by molar-refractivity contribution is 7.09. The third-order valence-corrected chi connectivity index (χ3v) is 5.08. The van der Waals surface area contributed by atoms with Gasteiger partial charge in [0.15, 0.2) is 0 Å². The molecular formula is C15H22N4OS. The number of aryl methyl sites for hydroxylation is 2. The van der Waals surface area contributed by atoms with Crippen molar-refractivity contribution in [3.63, 3.8) is 0 Å². The number of nitrogens with zero attached hydrogens (tertiary/aromatic N) is 4. The maximum absolute atomic E-state index is 5.74. The third-order valence-electron chi connectivity index (χ3n) is 4.16. The lowest BCUT2D eigenvalue weighted by Gasteiger charge is -2.35. The van der Waals surface area contributed by atoms with Gasteiger partial charge in [-0.15, -0.1) is 11.3 Å². The van der Waals surface area contributed by atoms with Crippen LogP contribution < -0.4 is 0 Å². The van der Waals surface area contributed by atoms with E-state index in [2.05, 4.69) is 21.9 Å². The predicted octanol–water partition coefficient (Wildman–Crippen LogP) is 2.32. The number of aromatic nitrogens is 3. The Labute approximate surface area is 129 Å². The van der Waals surface area contributed by atoms with Crippen molar-refractivity contribution in [2.45, 2.75) is 32.9 Å². The molecule has 0 N–H and O–H groups in total. The molecule has 0 amide bonds. The molecule has 0 fully saturated rings. The van der Waals surface area contributed by atoms with Gasteiger partial charge in [-0.05, 0) is 25.8 Å². The number of fused-ring (bicyclic) bond motifs is 1. The molecule has 1 atom stereocenters. The molecule has 0 unspecified atom stereocenters. The molecule has 5 nitrogen and oxygen atoms in total. The van der Waals surface area contributed by atoms with Crippen LogP contribution in [-0.4, -0.2) is 39.4 Å². The molecule has 0 aromatic carbocycles. The summed E-state index contributed by atoms with van der Waals surface area (Å²) in [5.41, 5.74) is 5.74. The van der Waals surface area contributed by atoms with Crippen molar-refractivity contribution < 1.29 is 4.74 Å². The van der Waals surface area contributed by atoms with E-state index in [1.807, 2.05) is 30.4 Å². The van der Waals surface area contributed by atoms with E-state index >= 15 is 0 Å². The van der Waals surface area contributed by atoms with E-state index in [4.69, 9.17) is 4.74 Å². The Bertz CT molecular complexity index is 607. The Morgan fingerprint density at radius 3 is 3.05 bits per heavy atom. The standard InChI is InChI=1S/C15H22N4OS/c1-4-20-9-13-15-12(7-17-18(15)3)5-6-19(13)8-14-11(2)16-10-21-14/h7,10,13H,4-6,8-9H2,1-3H3/t13-/m1/s1. The van der Waals surface area contributed by atoms with Gasteiger partial charge in [0.25, 0.3) is 0 Å².